The van der Waals surface area contributed by atoms with E-state index in [2.05, 4.69) is 21.8 Å². The lowest BCUT2D eigenvalue weighted by Crippen LogP contribution is -2.46. The molecule has 4 aromatic rings. The van der Waals surface area contributed by atoms with Gasteiger partial charge in [0.15, 0.2) is 0 Å². The average Bonchev–Trinajstić information content (AvgIpc) is 3.36. The van der Waals surface area contributed by atoms with Crippen molar-refractivity contribution in [3.8, 4) is 11.6 Å². The summed E-state index contributed by atoms with van der Waals surface area (Å²) >= 11 is 0. The number of phenolic OH excluding ortho intramolecular Hbond substituents is 1. The molecule has 1 N–H and O–H groups in total. The monoisotopic (exact) mass is 571 g/mol. The number of phenols is 1. The molecule has 1 unspecified atom stereocenters. The second-order valence-electron chi connectivity index (χ2n) is 11.7. The summed E-state index contributed by atoms with van der Waals surface area (Å²) in [6, 6.07) is 11.3. The summed E-state index contributed by atoms with van der Waals surface area (Å²) in [5.74, 6) is 1.32. The van der Waals surface area contributed by atoms with E-state index in [-0.39, 0.29) is 18.4 Å². The van der Waals surface area contributed by atoms with Gasteiger partial charge in [0.25, 0.3) is 0 Å². The topological polar surface area (TPSA) is 88.3 Å². The van der Waals surface area contributed by atoms with E-state index >= 15 is 0 Å². The van der Waals surface area contributed by atoms with Gasteiger partial charge in [0.2, 0.25) is 5.88 Å². The maximum atomic E-state index is 13.4. The van der Waals surface area contributed by atoms with Crippen LogP contribution in [0.25, 0.3) is 21.7 Å². The van der Waals surface area contributed by atoms with E-state index in [1.54, 1.807) is 20.0 Å². The van der Waals surface area contributed by atoms with Crippen molar-refractivity contribution >= 4 is 27.7 Å². The maximum absolute atomic E-state index is 13.4. The van der Waals surface area contributed by atoms with Crippen molar-refractivity contribution in [2.45, 2.75) is 52.0 Å². The first-order valence-corrected chi connectivity index (χ1v) is 15.3. The van der Waals surface area contributed by atoms with Gasteiger partial charge in [-0.1, -0.05) is 43.5 Å². The molecule has 0 bridgehead atoms. The Kier molecular flexibility index (Phi) is 8.36. The fourth-order valence-corrected chi connectivity index (χ4v) is 6.73. The zero-order chi connectivity index (χ0) is 29.2. The van der Waals surface area contributed by atoms with Crippen LogP contribution < -0.4 is 4.74 Å². The number of nitrogens with zero attached hydrogens (tertiary/aromatic N) is 3. The number of aryl methyl sites for hydroxylation is 1. The summed E-state index contributed by atoms with van der Waals surface area (Å²) in [6.45, 7) is 7.85. The standard InChI is InChI=1S/C34H41N3O5/c1-4-40-34(39)28-22(2)42-33-26-13-9-8-12-25(26)32(38)30(29(28)33)31(37-18-16-36(3)17-19-37)24-14-15-35-27(20-24)41-21-23-10-6-5-7-11-23/h8-9,12-15,20,23,31,38H,4-7,10-11,16-19,21H2,1-3H3. The molecule has 2 fully saturated rings. The molecule has 42 heavy (non-hydrogen) atoms. The number of aromatic hydroxyl groups is 1. The Morgan fingerprint density at radius 3 is 2.57 bits per heavy atom. The normalized spacial score (nSPS) is 18.0. The molecule has 2 aliphatic rings. The maximum Gasteiger partial charge on any atom is 0.342 e. The Balaban J connectivity index is 1.53. The summed E-state index contributed by atoms with van der Waals surface area (Å²) in [5, 5.41) is 14.1. The van der Waals surface area contributed by atoms with Crippen LogP contribution in [-0.4, -0.2) is 72.3 Å². The number of hydrogen-bond acceptors (Lipinski definition) is 8. The number of esters is 1. The Morgan fingerprint density at radius 1 is 1.10 bits per heavy atom. The van der Waals surface area contributed by atoms with E-state index in [0.717, 1.165) is 37.1 Å². The van der Waals surface area contributed by atoms with Gasteiger partial charge in [0, 0.05) is 60.2 Å². The van der Waals surface area contributed by atoms with Crippen molar-refractivity contribution in [1.29, 1.82) is 0 Å². The van der Waals surface area contributed by atoms with Crippen LogP contribution in [0.2, 0.25) is 0 Å². The molecule has 8 heteroatoms. The molecular weight excluding hydrogens is 530 g/mol. The summed E-state index contributed by atoms with van der Waals surface area (Å²) in [7, 11) is 2.12. The molecule has 0 radical (unpaired) electrons. The molecule has 8 nitrogen and oxygen atoms in total. The predicted molar refractivity (Wildman–Crippen MR) is 163 cm³/mol. The van der Waals surface area contributed by atoms with E-state index in [4.69, 9.17) is 13.9 Å². The molecule has 1 aliphatic heterocycles. The molecule has 1 saturated carbocycles. The Bertz CT molecular complexity index is 1570. The van der Waals surface area contributed by atoms with Crippen LogP contribution in [0, 0.1) is 12.8 Å². The number of benzene rings is 2. The van der Waals surface area contributed by atoms with Gasteiger partial charge in [-0.05, 0) is 51.3 Å². The number of ether oxygens (including phenoxy) is 2. The van der Waals surface area contributed by atoms with E-state index < -0.39 is 5.97 Å². The molecule has 0 amide bonds. The summed E-state index contributed by atoms with van der Waals surface area (Å²) in [4.78, 5) is 22.6. The smallest absolute Gasteiger partial charge is 0.342 e. The van der Waals surface area contributed by atoms with Crippen LogP contribution >= 0.6 is 0 Å². The van der Waals surface area contributed by atoms with Crippen LogP contribution in [-0.2, 0) is 4.74 Å². The van der Waals surface area contributed by atoms with Crippen molar-refractivity contribution in [1.82, 2.24) is 14.8 Å². The molecule has 2 aromatic heterocycles. The van der Waals surface area contributed by atoms with Crippen molar-refractivity contribution in [3.63, 3.8) is 0 Å². The fraction of sp³-hybridized carbons (Fsp3) is 0.471. The SMILES string of the molecule is CCOC(=O)c1c(C)oc2c1c(C(c1ccnc(OCC3CCCCC3)c1)N1CCN(C)CC1)c(O)c1ccccc12. The number of aromatic nitrogens is 1. The lowest BCUT2D eigenvalue weighted by Gasteiger charge is -2.39. The minimum atomic E-state index is -0.451. The fourth-order valence-electron chi connectivity index (χ4n) is 6.73. The van der Waals surface area contributed by atoms with Gasteiger partial charge in [-0.25, -0.2) is 9.78 Å². The van der Waals surface area contributed by atoms with Gasteiger partial charge in [0.1, 0.15) is 22.7 Å². The Labute approximate surface area is 247 Å². The molecule has 2 aromatic carbocycles. The molecule has 0 spiro atoms. The lowest BCUT2D eigenvalue weighted by molar-refractivity contribution is 0.0526. The largest absolute Gasteiger partial charge is 0.507 e. The number of furan rings is 1. The van der Waals surface area contributed by atoms with Crippen LogP contribution in [0.1, 0.15) is 72.3 Å². The molecular formula is C34H41N3O5. The van der Waals surface area contributed by atoms with Gasteiger partial charge in [-0.2, -0.15) is 0 Å². The molecule has 1 saturated heterocycles. The molecule has 6 rings (SSSR count). The molecule has 1 atom stereocenters. The first-order chi connectivity index (χ1) is 20.5. The van der Waals surface area contributed by atoms with Gasteiger partial charge in [-0.15, -0.1) is 0 Å². The summed E-state index contributed by atoms with van der Waals surface area (Å²) in [5.41, 5.74) is 2.55. The van der Waals surface area contributed by atoms with E-state index in [1.807, 2.05) is 36.4 Å². The highest BCUT2D eigenvalue weighted by Crippen LogP contribution is 2.47. The number of pyridine rings is 1. The van der Waals surface area contributed by atoms with E-state index in [9.17, 15) is 9.90 Å². The van der Waals surface area contributed by atoms with Gasteiger partial charge >= 0.3 is 5.97 Å². The predicted octanol–water partition coefficient (Wildman–Crippen LogP) is 6.47. The van der Waals surface area contributed by atoms with E-state index in [1.165, 1.54) is 32.1 Å². The van der Waals surface area contributed by atoms with Crippen molar-refractivity contribution in [2.75, 3.05) is 46.4 Å². The number of carbonyl (C=O) groups excluding carboxylic acids is 1. The second kappa shape index (κ2) is 12.3. The summed E-state index contributed by atoms with van der Waals surface area (Å²) in [6.07, 6.45) is 8.01. The quantitative estimate of drug-likeness (QED) is 0.241. The van der Waals surface area contributed by atoms with E-state index in [0.29, 0.717) is 51.6 Å². The van der Waals surface area contributed by atoms with Gasteiger partial charge in [-0.3, -0.25) is 4.90 Å². The third-order valence-corrected chi connectivity index (χ3v) is 8.96. The number of rotatable bonds is 8. The minimum absolute atomic E-state index is 0.148. The number of fused-ring (bicyclic) bond motifs is 3. The Morgan fingerprint density at radius 2 is 1.83 bits per heavy atom. The molecule has 3 heterocycles. The van der Waals surface area contributed by atoms with Crippen molar-refractivity contribution < 1.29 is 23.8 Å². The van der Waals surface area contributed by atoms with Crippen LogP contribution in [0.4, 0.5) is 0 Å². The number of likely N-dealkylation sites (N-methyl/N-ethyl adjacent to an activating group) is 1. The third-order valence-electron chi connectivity index (χ3n) is 8.96. The highest BCUT2D eigenvalue weighted by Gasteiger charge is 2.35. The molecule has 1 aliphatic carbocycles. The first kappa shape index (κ1) is 28.5. The van der Waals surface area contributed by atoms with Crippen LogP contribution in [0.5, 0.6) is 11.6 Å². The second-order valence-corrected chi connectivity index (χ2v) is 11.7. The number of carbonyl (C=O) groups is 1. The van der Waals surface area contributed by atoms with Crippen LogP contribution in [0.3, 0.4) is 0 Å². The van der Waals surface area contributed by atoms with Gasteiger partial charge < -0.3 is 23.9 Å². The average molecular weight is 572 g/mol. The van der Waals surface area contributed by atoms with Crippen molar-refractivity contribution in [3.05, 3.63) is 65.0 Å². The Hall–Kier alpha value is -3.62. The lowest BCUT2D eigenvalue weighted by atomic mass is 9.88. The minimum Gasteiger partial charge on any atom is -0.507 e. The third kappa shape index (κ3) is 5.45. The first-order valence-electron chi connectivity index (χ1n) is 15.3. The van der Waals surface area contributed by atoms with Gasteiger partial charge in [0.05, 0.1) is 19.3 Å². The zero-order valence-corrected chi connectivity index (χ0v) is 24.9. The number of hydrogen-bond donors (Lipinski definition) is 1. The summed E-state index contributed by atoms with van der Waals surface area (Å²) < 4.78 is 18.1. The highest BCUT2D eigenvalue weighted by atomic mass is 16.5. The van der Waals surface area contributed by atoms with Crippen LogP contribution in [0.15, 0.2) is 47.0 Å². The number of piperazine rings is 1. The zero-order valence-electron chi connectivity index (χ0n) is 24.9. The van der Waals surface area contributed by atoms with Crippen molar-refractivity contribution in [2.24, 2.45) is 5.92 Å². The highest BCUT2D eigenvalue weighted by molar-refractivity contribution is 6.16. The molecule has 222 valence electrons.